The normalized spacial score (nSPS) is 10.4. The van der Waals surface area contributed by atoms with Gasteiger partial charge in [-0.25, -0.2) is 4.98 Å². The van der Waals surface area contributed by atoms with Crippen LogP contribution in [0.2, 0.25) is 0 Å². The summed E-state index contributed by atoms with van der Waals surface area (Å²) in [5, 5.41) is 14.5. The van der Waals surface area contributed by atoms with Crippen LogP contribution in [0.25, 0.3) is 0 Å². The fraction of sp³-hybridized carbons (Fsp3) is 0.200. The Hall–Kier alpha value is -2.44. The summed E-state index contributed by atoms with van der Waals surface area (Å²) in [6, 6.07) is 3.49. The second-order valence-corrected chi connectivity index (χ2v) is 3.68. The van der Waals surface area contributed by atoms with Gasteiger partial charge in [0.2, 0.25) is 0 Å². The van der Waals surface area contributed by atoms with E-state index in [1.807, 2.05) is 6.07 Å². The van der Waals surface area contributed by atoms with Crippen molar-refractivity contribution in [2.75, 3.05) is 5.73 Å². The molecule has 0 amide bonds. The molecule has 88 valence electrons. The highest BCUT2D eigenvalue weighted by molar-refractivity contribution is 5.31. The molecule has 0 aromatic carbocycles. The van der Waals surface area contributed by atoms with Crippen molar-refractivity contribution < 1.29 is 4.92 Å². The van der Waals surface area contributed by atoms with Crippen LogP contribution in [0.1, 0.15) is 11.1 Å². The van der Waals surface area contributed by atoms with Crippen LogP contribution in [0.4, 0.5) is 11.6 Å². The van der Waals surface area contributed by atoms with Gasteiger partial charge in [-0.15, -0.1) is 0 Å². The smallest absolute Gasteiger partial charge is 0.384 e. The van der Waals surface area contributed by atoms with Crippen LogP contribution < -0.4 is 5.73 Å². The van der Waals surface area contributed by atoms with Gasteiger partial charge in [0.25, 0.3) is 0 Å². The summed E-state index contributed by atoms with van der Waals surface area (Å²) in [6.07, 6.45) is 3.26. The number of aryl methyl sites for hydroxylation is 1. The molecular weight excluding hydrogens is 222 g/mol. The van der Waals surface area contributed by atoms with E-state index < -0.39 is 4.92 Å². The van der Waals surface area contributed by atoms with Crippen molar-refractivity contribution in [2.24, 2.45) is 0 Å². The largest absolute Gasteiger partial charge is 0.392 e. The predicted octanol–water partition coefficient (Wildman–Crippen LogP) is 1.13. The zero-order valence-corrected chi connectivity index (χ0v) is 9.20. The summed E-state index contributed by atoms with van der Waals surface area (Å²) in [4.78, 5) is 14.1. The zero-order chi connectivity index (χ0) is 12.4. The number of aromatic nitrogens is 3. The van der Waals surface area contributed by atoms with Crippen molar-refractivity contribution in [3.05, 3.63) is 45.8 Å². The fourth-order valence-electron chi connectivity index (χ4n) is 1.49. The van der Waals surface area contributed by atoms with Gasteiger partial charge >= 0.3 is 5.82 Å². The summed E-state index contributed by atoms with van der Waals surface area (Å²) in [6.45, 7) is 2.09. The van der Waals surface area contributed by atoms with E-state index in [1.165, 1.54) is 4.68 Å². The Morgan fingerprint density at radius 2 is 2.29 bits per heavy atom. The maximum atomic E-state index is 10.6. The van der Waals surface area contributed by atoms with Gasteiger partial charge in [-0.2, -0.15) is 4.68 Å². The Balaban J connectivity index is 2.22. The molecule has 0 unspecified atom stereocenters. The van der Waals surface area contributed by atoms with Crippen molar-refractivity contribution in [3.8, 4) is 0 Å². The molecule has 0 fully saturated rings. The van der Waals surface area contributed by atoms with E-state index in [4.69, 9.17) is 5.73 Å². The first-order valence-corrected chi connectivity index (χ1v) is 4.95. The molecule has 2 aromatic heterocycles. The first-order valence-electron chi connectivity index (χ1n) is 4.95. The maximum Gasteiger partial charge on any atom is 0.392 e. The number of hydrogen-bond donors (Lipinski definition) is 1. The topological polar surface area (TPSA) is 99.9 Å². The molecule has 7 heteroatoms. The van der Waals surface area contributed by atoms with E-state index in [0.29, 0.717) is 17.9 Å². The molecule has 2 aromatic rings. The molecule has 0 bridgehead atoms. The van der Waals surface area contributed by atoms with Crippen LogP contribution in [-0.2, 0) is 6.54 Å². The van der Waals surface area contributed by atoms with Crippen LogP contribution in [0.3, 0.4) is 0 Å². The molecule has 2 heterocycles. The molecular formula is C10H11N5O2. The van der Waals surface area contributed by atoms with Gasteiger partial charge in [0.1, 0.15) is 5.82 Å². The third-order valence-electron chi connectivity index (χ3n) is 2.28. The van der Waals surface area contributed by atoms with E-state index in [0.717, 1.165) is 5.56 Å². The number of pyridine rings is 1. The molecule has 0 aliphatic heterocycles. The number of nitrogen functional groups attached to an aromatic ring is 1. The lowest BCUT2D eigenvalue weighted by molar-refractivity contribution is -0.390. The zero-order valence-electron chi connectivity index (χ0n) is 9.20. The van der Waals surface area contributed by atoms with Crippen LogP contribution >= 0.6 is 0 Å². The molecule has 2 rings (SSSR count). The van der Waals surface area contributed by atoms with Gasteiger partial charge in [0.15, 0.2) is 0 Å². The lowest BCUT2D eigenvalue weighted by Crippen LogP contribution is -2.02. The van der Waals surface area contributed by atoms with Crippen molar-refractivity contribution in [1.82, 2.24) is 14.8 Å². The molecule has 0 spiro atoms. The summed E-state index contributed by atoms with van der Waals surface area (Å²) in [5.74, 6) is 0.324. The first-order chi connectivity index (χ1) is 8.06. The summed E-state index contributed by atoms with van der Waals surface area (Å²) >= 11 is 0. The molecule has 0 aliphatic carbocycles. The third kappa shape index (κ3) is 2.39. The lowest BCUT2D eigenvalue weighted by atomic mass is 10.3. The van der Waals surface area contributed by atoms with Crippen LogP contribution in [0.15, 0.2) is 24.5 Å². The second kappa shape index (κ2) is 4.20. The molecule has 2 N–H and O–H groups in total. The van der Waals surface area contributed by atoms with Crippen molar-refractivity contribution >= 4 is 11.6 Å². The molecule has 0 saturated heterocycles. The summed E-state index contributed by atoms with van der Waals surface area (Å²) in [5.41, 5.74) is 6.89. The maximum absolute atomic E-state index is 10.6. The van der Waals surface area contributed by atoms with E-state index in [1.54, 1.807) is 25.4 Å². The third-order valence-corrected chi connectivity index (χ3v) is 2.28. The Bertz CT molecular complexity index is 546. The Kier molecular flexibility index (Phi) is 2.73. The number of hydrogen-bond acceptors (Lipinski definition) is 5. The Morgan fingerprint density at radius 1 is 1.53 bits per heavy atom. The highest BCUT2D eigenvalue weighted by Gasteiger charge is 2.16. The summed E-state index contributed by atoms with van der Waals surface area (Å²) < 4.78 is 1.51. The quantitative estimate of drug-likeness (QED) is 0.632. The van der Waals surface area contributed by atoms with Gasteiger partial charge in [-0.3, -0.25) is 0 Å². The number of anilines is 1. The van der Waals surface area contributed by atoms with Gasteiger partial charge in [-0.1, -0.05) is 6.07 Å². The summed E-state index contributed by atoms with van der Waals surface area (Å²) in [7, 11) is 0. The van der Waals surface area contributed by atoms with Crippen LogP contribution in [-0.4, -0.2) is 19.7 Å². The molecule has 0 saturated carbocycles. The van der Waals surface area contributed by atoms with Gasteiger partial charge in [0, 0.05) is 6.20 Å². The lowest BCUT2D eigenvalue weighted by Gasteiger charge is -1.98. The number of rotatable bonds is 3. The van der Waals surface area contributed by atoms with E-state index in [-0.39, 0.29) is 5.82 Å². The van der Waals surface area contributed by atoms with E-state index >= 15 is 0 Å². The minimum atomic E-state index is -0.493. The molecule has 7 nitrogen and oxygen atoms in total. The number of nitrogens with two attached hydrogens (primary N) is 1. The SMILES string of the molecule is Cc1cn(Cc2ccc(N)nc2)nc1[N+](=O)[O-]. The molecule has 17 heavy (non-hydrogen) atoms. The highest BCUT2D eigenvalue weighted by Crippen LogP contribution is 2.14. The first kappa shape index (κ1) is 11.1. The Morgan fingerprint density at radius 3 is 2.82 bits per heavy atom. The second-order valence-electron chi connectivity index (χ2n) is 3.68. The average molecular weight is 233 g/mol. The minimum Gasteiger partial charge on any atom is -0.384 e. The van der Waals surface area contributed by atoms with Crippen LogP contribution in [0.5, 0.6) is 0 Å². The molecule has 0 radical (unpaired) electrons. The van der Waals surface area contributed by atoms with Gasteiger partial charge in [0.05, 0.1) is 23.4 Å². The fourth-order valence-corrected chi connectivity index (χ4v) is 1.49. The monoisotopic (exact) mass is 233 g/mol. The number of nitrogens with zero attached hydrogens (tertiary/aromatic N) is 4. The Labute approximate surface area is 97.0 Å². The van der Waals surface area contributed by atoms with Crippen LogP contribution in [0, 0.1) is 17.0 Å². The standard InChI is InChI=1S/C10H11N5O2/c1-7-5-14(13-10(7)15(16)17)6-8-2-3-9(11)12-4-8/h2-5H,6H2,1H3,(H2,11,12). The van der Waals surface area contributed by atoms with E-state index in [9.17, 15) is 10.1 Å². The van der Waals surface area contributed by atoms with Crippen molar-refractivity contribution in [2.45, 2.75) is 13.5 Å². The van der Waals surface area contributed by atoms with Crippen molar-refractivity contribution in [1.29, 1.82) is 0 Å². The van der Waals surface area contributed by atoms with Gasteiger partial charge < -0.3 is 15.8 Å². The molecule has 0 atom stereocenters. The van der Waals surface area contributed by atoms with Gasteiger partial charge in [-0.05, 0) is 23.5 Å². The molecule has 0 aliphatic rings. The predicted molar refractivity (Wildman–Crippen MR) is 61.4 cm³/mol. The minimum absolute atomic E-state index is 0.117. The van der Waals surface area contributed by atoms with Crippen molar-refractivity contribution in [3.63, 3.8) is 0 Å². The number of nitro groups is 1. The van der Waals surface area contributed by atoms with E-state index in [2.05, 4.69) is 10.1 Å². The highest BCUT2D eigenvalue weighted by atomic mass is 16.6. The average Bonchev–Trinajstić information content (AvgIpc) is 2.63.